The molecular formula is C21H20Cl2N2O2. The monoisotopic (exact) mass is 402 g/mol. The van der Waals surface area contributed by atoms with E-state index >= 15 is 0 Å². The molecule has 3 aromatic rings. The third-order valence-electron chi connectivity index (χ3n) is 4.42. The number of hydrogen-bond donors (Lipinski definition) is 0. The molecule has 0 bridgehead atoms. The Bertz CT molecular complexity index is 982. The van der Waals surface area contributed by atoms with Crippen molar-refractivity contribution in [1.82, 2.24) is 9.78 Å². The molecule has 0 spiro atoms. The maximum Gasteiger partial charge on any atom is 0.219 e. The van der Waals surface area contributed by atoms with Crippen molar-refractivity contribution in [3.63, 3.8) is 0 Å². The van der Waals surface area contributed by atoms with Crippen molar-refractivity contribution in [3.8, 4) is 17.0 Å². The second kappa shape index (κ2) is 8.15. The number of carbonyl (C=O) groups is 1. The molecule has 1 heterocycles. The van der Waals surface area contributed by atoms with Crippen LogP contribution in [0.4, 0.5) is 0 Å². The minimum Gasteiger partial charge on any atom is -0.477 e. The van der Waals surface area contributed by atoms with Crippen LogP contribution in [0.2, 0.25) is 10.0 Å². The summed E-state index contributed by atoms with van der Waals surface area (Å²) in [7, 11) is 1.81. The van der Waals surface area contributed by atoms with Gasteiger partial charge in [-0.15, -0.1) is 0 Å². The molecule has 0 N–H and O–H groups in total. The van der Waals surface area contributed by atoms with E-state index in [1.54, 1.807) is 16.8 Å². The van der Waals surface area contributed by atoms with Crippen molar-refractivity contribution in [2.45, 2.75) is 20.3 Å². The Labute approximate surface area is 168 Å². The first-order valence-electron chi connectivity index (χ1n) is 8.59. The van der Waals surface area contributed by atoms with Gasteiger partial charge in [-0.2, -0.15) is 5.10 Å². The summed E-state index contributed by atoms with van der Waals surface area (Å²) >= 11 is 12.7. The zero-order valence-corrected chi connectivity index (χ0v) is 16.9. The number of Topliss-reactive ketones (excluding diaryl/α,β-unsaturated/α-hetero) is 1. The largest absolute Gasteiger partial charge is 0.477 e. The Hall–Kier alpha value is -2.30. The molecule has 0 aliphatic carbocycles. The summed E-state index contributed by atoms with van der Waals surface area (Å²) < 4.78 is 7.61. The van der Waals surface area contributed by atoms with Gasteiger partial charge in [0, 0.05) is 29.6 Å². The Balaban J connectivity index is 1.83. The van der Waals surface area contributed by atoms with Crippen molar-refractivity contribution in [2.75, 3.05) is 6.61 Å². The number of ether oxygens (including phenoxy) is 1. The molecule has 3 rings (SSSR count). The van der Waals surface area contributed by atoms with Crippen LogP contribution in [-0.2, 0) is 7.05 Å². The quantitative estimate of drug-likeness (QED) is 0.499. The molecule has 6 heteroatoms. The van der Waals surface area contributed by atoms with E-state index in [1.165, 1.54) is 0 Å². The van der Waals surface area contributed by atoms with Crippen LogP contribution in [0.15, 0.2) is 42.5 Å². The zero-order valence-electron chi connectivity index (χ0n) is 15.4. The average molecular weight is 403 g/mol. The number of aryl methyl sites for hydroxylation is 2. The van der Waals surface area contributed by atoms with Gasteiger partial charge in [0.05, 0.1) is 22.9 Å². The summed E-state index contributed by atoms with van der Waals surface area (Å²) in [6.07, 6.45) is 0.279. The van der Waals surface area contributed by atoms with Crippen molar-refractivity contribution < 1.29 is 9.53 Å². The molecule has 2 aromatic carbocycles. The van der Waals surface area contributed by atoms with Crippen LogP contribution in [0.3, 0.4) is 0 Å². The van der Waals surface area contributed by atoms with Crippen LogP contribution < -0.4 is 4.74 Å². The maximum atomic E-state index is 12.3. The van der Waals surface area contributed by atoms with Gasteiger partial charge in [0.15, 0.2) is 5.78 Å². The number of rotatable bonds is 6. The fourth-order valence-electron chi connectivity index (χ4n) is 2.98. The highest BCUT2D eigenvalue weighted by atomic mass is 35.5. The first-order valence-corrected chi connectivity index (χ1v) is 9.35. The van der Waals surface area contributed by atoms with Crippen molar-refractivity contribution in [2.24, 2.45) is 7.05 Å². The summed E-state index contributed by atoms with van der Waals surface area (Å²) in [6.45, 7) is 4.03. The minimum atomic E-state index is 0.0383. The molecule has 0 saturated heterocycles. The topological polar surface area (TPSA) is 44.1 Å². The molecular weight excluding hydrogens is 383 g/mol. The number of ketones is 1. The molecule has 0 aliphatic rings. The van der Waals surface area contributed by atoms with E-state index in [0.29, 0.717) is 21.5 Å². The van der Waals surface area contributed by atoms with E-state index < -0.39 is 0 Å². The van der Waals surface area contributed by atoms with Crippen LogP contribution in [0.1, 0.15) is 28.0 Å². The molecule has 0 fully saturated rings. The number of benzene rings is 2. The van der Waals surface area contributed by atoms with Gasteiger partial charge in [-0.05, 0) is 25.5 Å². The summed E-state index contributed by atoms with van der Waals surface area (Å²) in [6, 6.07) is 12.9. The van der Waals surface area contributed by atoms with Gasteiger partial charge in [-0.3, -0.25) is 4.79 Å². The van der Waals surface area contributed by atoms with E-state index in [-0.39, 0.29) is 18.8 Å². The smallest absolute Gasteiger partial charge is 0.219 e. The maximum absolute atomic E-state index is 12.3. The first kappa shape index (κ1) is 19.5. The van der Waals surface area contributed by atoms with Gasteiger partial charge in [-0.25, -0.2) is 4.68 Å². The van der Waals surface area contributed by atoms with Gasteiger partial charge < -0.3 is 4.74 Å². The predicted octanol–water partition coefficient (Wildman–Crippen LogP) is 5.66. The number of hydrogen-bond acceptors (Lipinski definition) is 3. The lowest BCUT2D eigenvalue weighted by Crippen LogP contribution is -2.09. The van der Waals surface area contributed by atoms with Crippen LogP contribution in [-0.4, -0.2) is 22.2 Å². The van der Waals surface area contributed by atoms with E-state index in [0.717, 1.165) is 22.4 Å². The fourth-order valence-corrected chi connectivity index (χ4v) is 3.44. The van der Waals surface area contributed by atoms with E-state index in [4.69, 9.17) is 27.9 Å². The van der Waals surface area contributed by atoms with Crippen LogP contribution in [0.25, 0.3) is 11.1 Å². The van der Waals surface area contributed by atoms with Crippen molar-refractivity contribution in [1.29, 1.82) is 0 Å². The van der Waals surface area contributed by atoms with Gasteiger partial charge in [0.2, 0.25) is 5.88 Å². The van der Waals surface area contributed by atoms with Gasteiger partial charge in [0.1, 0.15) is 0 Å². The number of carbonyl (C=O) groups excluding carboxylic acids is 1. The fraction of sp³-hybridized carbons (Fsp3) is 0.238. The first-order chi connectivity index (χ1) is 12.9. The van der Waals surface area contributed by atoms with Crippen molar-refractivity contribution >= 4 is 29.0 Å². The lowest BCUT2D eigenvalue weighted by molar-refractivity contribution is 0.0960. The number of halogens is 2. The summed E-state index contributed by atoms with van der Waals surface area (Å²) in [5, 5.41) is 5.64. The van der Waals surface area contributed by atoms with Gasteiger partial charge in [0.25, 0.3) is 0 Å². The summed E-state index contributed by atoms with van der Waals surface area (Å²) in [5.74, 6) is 0.619. The molecule has 0 atom stereocenters. The summed E-state index contributed by atoms with van der Waals surface area (Å²) in [5.41, 5.74) is 3.91. The Kier molecular flexibility index (Phi) is 5.88. The predicted molar refractivity (Wildman–Crippen MR) is 109 cm³/mol. The minimum absolute atomic E-state index is 0.0383. The Morgan fingerprint density at radius 2 is 1.81 bits per heavy atom. The van der Waals surface area contributed by atoms with E-state index in [9.17, 15) is 4.79 Å². The molecule has 0 unspecified atom stereocenters. The van der Waals surface area contributed by atoms with E-state index in [1.807, 2.05) is 51.2 Å². The lowest BCUT2D eigenvalue weighted by Gasteiger charge is -2.12. The molecule has 27 heavy (non-hydrogen) atoms. The Morgan fingerprint density at radius 1 is 1.11 bits per heavy atom. The molecule has 4 nitrogen and oxygen atoms in total. The van der Waals surface area contributed by atoms with Crippen LogP contribution in [0.5, 0.6) is 5.88 Å². The zero-order chi connectivity index (χ0) is 19.6. The third-order valence-corrected chi connectivity index (χ3v) is 5.32. The highest BCUT2D eigenvalue weighted by molar-refractivity contribution is 6.37. The van der Waals surface area contributed by atoms with Crippen molar-refractivity contribution in [3.05, 3.63) is 69.3 Å². The van der Waals surface area contributed by atoms with E-state index in [2.05, 4.69) is 5.10 Å². The standard InChI is InChI=1S/C21H20Cl2N2O2/c1-13-17(22)10-9-16(20(13)23)19-14(2)24-25(3)21(19)27-12-11-18(26)15-7-5-4-6-8-15/h4-10H,11-12H2,1-3H3. The molecule has 0 aliphatic heterocycles. The average Bonchev–Trinajstić information content (AvgIpc) is 2.94. The van der Waals surface area contributed by atoms with Gasteiger partial charge in [-0.1, -0.05) is 59.6 Å². The van der Waals surface area contributed by atoms with Crippen LogP contribution >= 0.6 is 23.2 Å². The SMILES string of the molecule is Cc1nn(C)c(OCCC(=O)c2ccccc2)c1-c1ccc(Cl)c(C)c1Cl. The summed E-state index contributed by atoms with van der Waals surface area (Å²) in [4.78, 5) is 12.3. The third kappa shape index (κ3) is 4.02. The molecule has 140 valence electrons. The Morgan fingerprint density at radius 3 is 2.52 bits per heavy atom. The molecule has 0 radical (unpaired) electrons. The molecule has 1 aromatic heterocycles. The second-order valence-corrected chi connectivity index (χ2v) is 7.10. The highest BCUT2D eigenvalue weighted by Gasteiger charge is 2.21. The van der Waals surface area contributed by atoms with Crippen LogP contribution in [0, 0.1) is 13.8 Å². The van der Waals surface area contributed by atoms with Gasteiger partial charge >= 0.3 is 0 Å². The molecule has 0 amide bonds. The lowest BCUT2D eigenvalue weighted by atomic mass is 10.0. The normalized spacial score (nSPS) is 10.9. The number of nitrogens with zero attached hydrogens (tertiary/aromatic N) is 2. The second-order valence-electron chi connectivity index (χ2n) is 6.31. The highest BCUT2D eigenvalue weighted by Crippen LogP contribution is 2.40. The number of aromatic nitrogens is 2. The molecule has 0 saturated carbocycles.